The molecule has 1 fully saturated rings. The Morgan fingerprint density at radius 2 is 2.12 bits per heavy atom. The summed E-state index contributed by atoms with van der Waals surface area (Å²) in [7, 11) is 0. The Kier molecular flexibility index (Phi) is 5.26. The summed E-state index contributed by atoms with van der Waals surface area (Å²) >= 11 is 5.77. The summed E-state index contributed by atoms with van der Waals surface area (Å²) in [4.78, 5) is 24.5. The zero-order valence-electron chi connectivity index (χ0n) is 10.0. The minimum Gasteiger partial charge on any atom is -0.281 e. The molecule has 0 aliphatic carbocycles. The number of hydrogen-bond donors (Lipinski definition) is 0. The number of alkyl halides is 1. The number of imide groups is 1. The van der Waals surface area contributed by atoms with Gasteiger partial charge in [-0.25, -0.2) is 0 Å². The highest BCUT2D eigenvalue weighted by Crippen LogP contribution is 2.22. The molecule has 3 nitrogen and oxygen atoms in total. The summed E-state index contributed by atoms with van der Waals surface area (Å²) in [6.45, 7) is 4.80. The minimum absolute atomic E-state index is 0.111. The Morgan fingerprint density at radius 1 is 1.44 bits per heavy atom. The van der Waals surface area contributed by atoms with Crippen LogP contribution in [0.25, 0.3) is 0 Å². The van der Waals surface area contributed by atoms with Gasteiger partial charge in [-0.15, -0.1) is 11.6 Å². The molecule has 16 heavy (non-hydrogen) atoms. The molecule has 2 unspecified atom stereocenters. The van der Waals surface area contributed by atoms with Crippen molar-refractivity contribution in [3.8, 4) is 0 Å². The second kappa shape index (κ2) is 6.24. The SMILES string of the molecule is CCCCC(CC)CN1C(=O)CC(Cl)C1=O. The number of nitrogens with zero attached hydrogens (tertiary/aromatic N) is 1. The van der Waals surface area contributed by atoms with Gasteiger partial charge in [-0.2, -0.15) is 0 Å². The lowest BCUT2D eigenvalue weighted by atomic mass is 9.99. The van der Waals surface area contributed by atoms with Gasteiger partial charge in [-0.1, -0.05) is 33.1 Å². The van der Waals surface area contributed by atoms with Crippen LogP contribution in [-0.4, -0.2) is 28.6 Å². The van der Waals surface area contributed by atoms with E-state index < -0.39 is 5.38 Å². The molecular formula is C12H20ClNO2. The molecule has 0 aromatic rings. The van der Waals surface area contributed by atoms with Gasteiger partial charge in [0.05, 0.1) is 6.42 Å². The average molecular weight is 246 g/mol. The van der Waals surface area contributed by atoms with Crippen LogP contribution in [0.2, 0.25) is 0 Å². The standard InChI is InChI=1S/C12H20ClNO2/c1-3-5-6-9(4-2)8-14-11(15)7-10(13)12(14)16/h9-10H,3-8H2,1-2H3. The van der Waals surface area contributed by atoms with Crippen molar-refractivity contribution in [1.29, 1.82) is 0 Å². The first-order valence-corrected chi connectivity index (χ1v) is 6.52. The molecule has 0 radical (unpaired) electrons. The first-order chi connectivity index (χ1) is 7.60. The van der Waals surface area contributed by atoms with Crippen LogP contribution in [0.5, 0.6) is 0 Å². The normalized spacial score (nSPS) is 22.9. The van der Waals surface area contributed by atoms with E-state index in [-0.39, 0.29) is 18.2 Å². The summed E-state index contributed by atoms with van der Waals surface area (Å²) in [6.07, 6.45) is 4.56. The Labute approximate surface area is 102 Å². The molecule has 0 aromatic carbocycles. The minimum atomic E-state index is -0.629. The number of likely N-dealkylation sites (tertiary alicyclic amines) is 1. The van der Waals surface area contributed by atoms with E-state index in [4.69, 9.17) is 11.6 Å². The lowest BCUT2D eigenvalue weighted by molar-refractivity contribution is -0.139. The molecule has 0 spiro atoms. The third-order valence-corrected chi connectivity index (χ3v) is 3.51. The zero-order chi connectivity index (χ0) is 12.1. The fraction of sp³-hybridized carbons (Fsp3) is 0.833. The molecule has 0 bridgehead atoms. The number of halogens is 1. The summed E-state index contributed by atoms with van der Waals surface area (Å²) < 4.78 is 0. The number of rotatable bonds is 6. The Hall–Kier alpha value is -0.570. The van der Waals surface area contributed by atoms with Crippen LogP contribution in [0.15, 0.2) is 0 Å². The monoisotopic (exact) mass is 245 g/mol. The molecule has 2 atom stereocenters. The van der Waals surface area contributed by atoms with Crippen LogP contribution in [0.3, 0.4) is 0 Å². The molecule has 1 aliphatic rings. The van der Waals surface area contributed by atoms with Gasteiger partial charge in [0.2, 0.25) is 11.8 Å². The van der Waals surface area contributed by atoms with Gasteiger partial charge in [-0.3, -0.25) is 14.5 Å². The van der Waals surface area contributed by atoms with Gasteiger partial charge < -0.3 is 0 Å². The van der Waals surface area contributed by atoms with Crippen LogP contribution in [0, 0.1) is 5.92 Å². The van der Waals surface area contributed by atoms with Crippen LogP contribution in [-0.2, 0) is 9.59 Å². The molecular weight excluding hydrogens is 226 g/mol. The smallest absolute Gasteiger partial charge is 0.247 e. The molecule has 2 amide bonds. The predicted molar refractivity (Wildman–Crippen MR) is 64.3 cm³/mol. The van der Waals surface area contributed by atoms with Crippen LogP contribution in [0.1, 0.15) is 46.0 Å². The van der Waals surface area contributed by atoms with Crippen molar-refractivity contribution in [2.24, 2.45) is 5.92 Å². The van der Waals surface area contributed by atoms with E-state index in [0.717, 1.165) is 25.7 Å². The Morgan fingerprint density at radius 3 is 2.56 bits per heavy atom. The average Bonchev–Trinajstić information content (AvgIpc) is 2.50. The van der Waals surface area contributed by atoms with E-state index in [1.54, 1.807) is 0 Å². The van der Waals surface area contributed by atoms with E-state index in [0.29, 0.717) is 12.5 Å². The van der Waals surface area contributed by atoms with Gasteiger partial charge in [0, 0.05) is 6.54 Å². The highest BCUT2D eigenvalue weighted by molar-refractivity contribution is 6.35. The van der Waals surface area contributed by atoms with E-state index in [1.165, 1.54) is 4.90 Å². The number of carbonyl (C=O) groups excluding carboxylic acids is 2. The van der Waals surface area contributed by atoms with E-state index in [9.17, 15) is 9.59 Å². The van der Waals surface area contributed by atoms with Gasteiger partial charge in [0.15, 0.2) is 0 Å². The Bertz CT molecular complexity index is 268. The highest BCUT2D eigenvalue weighted by Gasteiger charge is 2.37. The molecule has 0 aromatic heterocycles. The molecule has 1 aliphatic heterocycles. The van der Waals surface area contributed by atoms with Crippen molar-refractivity contribution in [2.45, 2.75) is 51.3 Å². The summed E-state index contributed by atoms with van der Waals surface area (Å²) in [5, 5.41) is -0.629. The second-order valence-electron chi connectivity index (χ2n) is 4.43. The van der Waals surface area contributed by atoms with Crippen molar-refractivity contribution in [3.63, 3.8) is 0 Å². The fourth-order valence-electron chi connectivity index (χ4n) is 2.01. The molecule has 4 heteroatoms. The molecule has 1 rings (SSSR count). The summed E-state index contributed by atoms with van der Waals surface area (Å²) in [6, 6.07) is 0. The topological polar surface area (TPSA) is 37.4 Å². The number of unbranched alkanes of at least 4 members (excludes halogenated alkanes) is 1. The first-order valence-electron chi connectivity index (χ1n) is 6.08. The largest absolute Gasteiger partial charge is 0.281 e. The maximum Gasteiger partial charge on any atom is 0.247 e. The van der Waals surface area contributed by atoms with Crippen molar-refractivity contribution in [1.82, 2.24) is 4.90 Å². The molecule has 0 N–H and O–H groups in total. The Balaban J connectivity index is 2.51. The predicted octanol–water partition coefficient (Wildman–Crippen LogP) is 2.57. The fourth-order valence-corrected chi connectivity index (χ4v) is 2.26. The molecule has 1 saturated heterocycles. The maximum absolute atomic E-state index is 11.6. The van der Waals surface area contributed by atoms with Crippen LogP contribution < -0.4 is 0 Å². The zero-order valence-corrected chi connectivity index (χ0v) is 10.8. The van der Waals surface area contributed by atoms with Crippen molar-refractivity contribution >= 4 is 23.4 Å². The van der Waals surface area contributed by atoms with E-state index in [1.807, 2.05) is 0 Å². The molecule has 92 valence electrons. The van der Waals surface area contributed by atoms with Crippen molar-refractivity contribution < 1.29 is 9.59 Å². The van der Waals surface area contributed by atoms with Crippen LogP contribution >= 0.6 is 11.6 Å². The van der Waals surface area contributed by atoms with Crippen molar-refractivity contribution in [3.05, 3.63) is 0 Å². The third kappa shape index (κ3) is 3.21. The summed E-state index contributed by atoms with van der Waals surface area (Å²) in [5.74, 6) is 0.108. The quantitative estimate of drug-likeness (QED) is 0.533. The van der Waals surface area contributed by atoms with Gasteiger partial charge in [-0.05, 0) is 12.3 Å². The summed E-state index contributed by atoms with van der Waals surface area (Å²) in [5.41, 5.74) is 0. The van der Waals surface area contributed by atoms with E-state index >= 15 is 0 Å². The lowest BCUT2D eigenvalue weighted by Crippen LogP contribution is -2.35. The highest BCUT2D eigenvalue weighted by atomic mass is 35.5. The number of amides is 2. The maximum atomic E-state index is 11.6. The van der Waals surface area contributed by atoms with Crippen LogP contribution in [0.4, 0.5) is 0 Å². The third-order valence-electron chi connectivity index (χ3n) is 3.17. The van der Waals surface area contributed by atoms with Crippen molar-refractivity contribution in [2.75, 3.05) is 6.54 Å². The molecule has 1 heterocycles. The first kappa shape index (κ1) is 13.5. The number of hydrogen-bond acceptors (Lipinski definition) is 2. The lowest BCUT2D eigenvalue weighted by Gasteiger charge is -2.21. The van der Waals surface area contributed by atoms with Gasteiger partial charge in [0.25, 0.3) is 0 Å². The molecule has 0 saturated carbocycles. The second-order valence-corrected chi connectivity index (χ2v) is 4.96. The number of carbonyl (C=O) groups is 2. The van der Waals surface area contributed by atoms with Gasteiger partial charge in [0.1, 0.15) is 5.38 Å². The van der Waals surface area contributed by atoms with Gasteiger partial charge >= 0.3 is 0 Å². The van der Waals surface area contributed by atoms with E-state index in [2.05, 4.69) is 13.8 Å².